The lowest BCUT2D eigenvalue weighted by Gasteiger charge is -2.29. The summed E-state index contributed by atoms with van der Waals surface area (Å²) >= 11 is 0. The van der Waals surface area contributed by atoms with Gasteiger partial charge < -0.3 is 10.4 Å². The lowest BCUT2D eigenvalue weighted by molar-refractivity contribution is -0.136. The maximum absolute atomic E-state index is 14.4. The Bertz CT molecular complexity index is 1150. The Labute approximate surface area is 168 Å². The summed E-state index contributed by atoms with van der Waals surface area (Å²) < 4.78 is 28.2. The zero-order valence-electron chi connectivity index (χ0n) is 16.5. The van der Waals surface area contributed by atoms with Crippen molar-refractivity contribution in [2.75, 3.05) is 5.32 Å². The summed E-state index contributed by atoms with van der Waals surface area (Å²) in [5, 5.41) is 12.7. The van der Waals surface area contributed by atoms with Gasteiger partial charge in [-0.05, 0) is 60.2 Å². The molecule has 1 aliphatic heterocycles. The molecule has 0 atom stereocenters. The van der Waals surface area contributed by atoms with E-state index in [0.29, 0.717) is 11.1 Å². The van der Waals surface area contributed by atoms with Crippen LogP contribution in [0.25, 0.3) is 22.3 Å². The van der Waals surface area contributed by atoms with Gasteiger partial charge in [0.2, 0.25) is 0 Å². The third-order valence-corrected chi connectivity index (χ3v) is 5.71. The molecule has 0 saturated carbocycles. The van der Waals surface area contributed by atoms with Crippen LogP contribution in [0.15, 0.2) is 36.4 Å². The van der Waals surface area contributed by atoms with Gasteiger partial charge in [0.1, 0.15) is 0 Å². The van der Waals surface area contributed by atoms with E-state index >= 15 is 0 Å². The number of carbonyl (C=O) groups is 1. The first kappa shape index (κ1) is 19.1. The fraction of sp³-hybridized carbons (Fsp3) is 0.208. The number of fused-ring (bicyclic) bond motifs is 3. The molecule has 3 aromatic rings. The second-order valence-corrected chi connectivity index (χ2v) is 7.53. The molecule has 148 valence electrons. The van der Waals surface area contributed by atoms with Crippen LogP contribution < -0.4 is 5.32 Å². The highest BCUT2D eigenvalue weighted by molar-refractivity contribution is 5.95. The van der Waals surface area contributed by atoms with Gasteiger partial charge in [0.05, 0.1) is 6.42 Å². The molecule has 1 aliphatic rings. The Balaban J connectivity index is 2.08. The number of carboxylic acid groups (broad SMARTS) is 1. The summed E-state index contributed by atoms with van der Waals surface area (Å²) in [7, 11) is 0. The van der Waals surface area contributed by atoms with Crippen molar-refractivity contribution < 1.29 is 18.7 Å². The molecule has 0 saturated heterocycles. The number of halogens is 2. The molecule has 0 radical (unpaired) electrons. The summed E-state index contributed by atoms with van der Waals surface area (Å²) in [4.78, 5) is 11.6. The van der Waals surface area contributed by atoms with Crippen LogP contribution in [0.5, 0.6) is 0 Å². The summed E-state index contributed by atoms with van der Waals surface area (Å²) in [6, 6.07) is 10.7. The van der Waals surface area contributed by atoms with E-state index < -0.39 is 17.6 Å². The maximum atomic E-state index is 14.4. The first-order valence-corrected chi connectivity index (χ1v) is 9.45. The Morgan fingerprint density at radius 1 is 1.00 bits per heavy atom. The molecule has 29 heavy (non-hydrogen) atoms. The molecule has 2 N–H and O–H groups in total. The second-order valence-electron chi connectivity index (χ2n) is 7.53. The van der Waals surface area contributed by atoms with Crippen molar-refractivity contribution in [3.63, 3.8) is 0 Å². The molecule has 0 amide bonds. The molecule has 3 nitrogen and oxygen atoms in total. The average Bonchev–Trinajstić information content (AvgIpc) is 2.69. The van der Waals surface area contributed by atoms with Crippen molar-refractivity contribution in [1.29, 1.82) is 0 Å². The van der Waals surface area contributed by atoms with Gasteiger partial charge in [-0.1, -0.05) is 35.9 Å². The molecule has 0 unspecified atom stereocenters. The summed E-state index contributed by atoms with van der Waals surface area (Å²) in [5.74, 6) is -2.63. The molecule has 0 spiro atoms. The quantitative estimate of drug-likeness (QED) is 0.593. The number of nitrogens with one attached hydrogen (secondary N) is 1. The van der Waals surface area contributed by atoms with E-state index in [1.54, 1.807) is 6.07 Å². The predicted octanol–water partition coefficient (Wildman–Crippen LogP) is 5.78. The highest BCUT2D eigenvalue weighted by Gasteiger charge is 2.28. The van der Waals surface area contributed by atoms with Crippen LogP contribution in [0.2, 0.25) is 0 Å². The van der Waals surface area contributed by atoms with E-state index in [9.17, 15) is 18.7 Å². The van der Waals surface area contributed by atoms with Crippen LogP contribution in [0, 0.1) is 32.4 Å². The molecule has 5 heteroatoms. The standard InChI is InChI=1S/C24H21F2NO2/c1-12-4-6-15(7-5-12)21-14(3)22-16-8-9-19(25)23(26)18(16)11-27-24(22)13(2)17(21)10-20(28)29/h4-9,27H,10-11H2,1-3H3,(H,28,29). The van der Waals surface area contributed by atoms with Crippen molar-refractivity contribution in [1.82, 2.24) is 0 Å². The largest absolute Gasteiger partial charge is 0.481 e. The van der Waals surface area contributed by atoms with E-state index in [1.807, 2.05) is 45.0 Å². The van der Waals surface area contributed by atoms with Gasteiger partial charge in [0.15, 0.2) is 11.6 Å². The van der Waals surface area contributed by atoms with E-state index in [0.717, 1.165) is 50.7 Å². The predicted molar refractivity (Wildman–Crippen MR) is 110 cm³/mol. The molecule has 4 rings (SSSR count). The van der Waals surface area contributed by atoms with Crippen LogP contribution in [0.1, 0.15) is 27.8 Å². The molecule has 0 aliphatic carbocycles. The van der Waals surface area contributed by atoms with Crippen molar-refractivity contribution in [3.05, 3.63) is 75.8 Å². The number of anilines is 1. The molecule has 3 aromatic carbocycles. The number of hydrogen-bond acceptors (Lipinski definition) is 2. The zero-order chi connectivity index (χ0) is 20.9. The van der Waals surface area contributed by atoms with Crippen LogP contribution in [-0.4, -0.2) is 11.1 Å². The number of carboxylic acids is 1. The van der Waals surface area contributed by atoms with E-state index in [2.05, 4.69) is 5.32 Å². The molecule has 0 fully saturated rings. The number of rotatable bonds is 3. The Hall–Kier alpha value is -3.21. The van der Waals surface area contributed by atoms with E-state index in [-0.39, 0.29) is 13.0 Å². The smallest absolute Gasteiger partial charge is 0.307 e. The highest BCUT2D eigenvalue weighted by Crippen LogP contribution is 2.47. The SMILES string of the molecule is Cc1ccc(-c2c(C)c3c(c(C)c2CC(=O)O)NCc2c-3ccc(F)c2F)cc1. The first-order valence-electron chi connectivity index (χ1n) is 9.45. The lowest BCUT2D eigenvalue weighted by atomic mass is 9.81. The minimum Gasteiger partial charge on any atom is -0.481 e. The Morgan fingerprint density at radius 2 is 1.69 bits per heavy atom. The van der Waals surface area contributed by atoms with Crippen molar-refractivity contribution >= 4 is 11.7 Å². The van der Waals surface area contributed by atoms with Crippen molar-refractivity contribution in [3.8, 4) is 22.3 Å². The van der Waals surface area contributed by atoms with Crippen LogP contribution in [-0.2, 0) is 17.8 Å². The number of aliphatic carboxylic acids is 1. The summed E-state index contributed by atoms with van der Waals surface area (Å²) in [5.41, 5.74) is 7.77. The maximum Gasteiger partial charge on any atom is 0.307 e. The minimum absolute atomic E-state index is 0.116. The minimum atomic E-state index is -0.912. The lowest BCUT2D eigenvalue weighted by Crippen LogP contribution is -2.16. The van der Waals surface area contributed by atoms with Crippen LogP contribution in [0.3, 0.4) is 0 Å². The molecular formula is C24H21F2NO2. The van der Waals surface area contributed by atoms with Gasteiger partial charge in [-0.2, -0.15) is 0 Å². The van der Waals surface area contributed by atoms with Crippen LogP contribution >= 0.6 is 0 Å². The third-order valence-electron chi connectivity index (χ3n) is 5.71. The number of aryl methyl sites for hydroxylation is 1. The van der Waals surface area contributed by atoms with Gasteiger partial charge in [0.25, 0.3) is 0 Å². The monoisotopic (exact) mass is 393 g/mol. The molecule has 1 heterocycles. The van der Waals surface area contributed by atoms with Gasteiger partial charge in [-0.15, -0.1) is 0 Å². The normalized spacial score (nSPS) is 12.2. The van der Waals surface area contributed by atoms with Crippen LogP contribution in [0.4, 0.5) is 14.5 Å². The zero-order valence-corrected chi connectivity index (χ0v) is 16.5. The fourth-order valence-electron chi connectivity index (χ4n) is 4.28. The summed E-state index contributed by atoms with van der Waals surface area (Å²) in [6.45, 7) is 5.94. The van der Waals surface area contributed by atoms with Gasteiger partial charge >= 0.3 is 5.97 Å². The summed E-state index contributed by atoms with van der Waals surface area (Å²) in [6.07, 6.45) is -0.116. The fourth-order valence-corrected chi connectivity index (χ4v) is 4.28. The van der Waals surface area contributed by atoms with Crippen molar-refractivity contribution in [2.24, 2.45) is 0 Å². The highest BCUT2D eigenvalue weighted by atomic mass is 19.2. The molecule has 0 bridgehead atoms. The average molecular weight is 393 g/mol. The third kappa shape index (κ3) is 3.07. The van der Waals surface area contributed by atoms with Gasteiger partial charge in [-0.3, -0.25) is 4.79 Å². The van der Waals surface area contributed by atoms with E-state index in [4.69, 9.17) is 0 Å². The molecular weight excluding hydrogens is 372 g/mol. The second kappa shape index (κ2) is 6.99. The number of hydrogen-bond donors (Lipinski definition) is 2. The number of benzene rings is 3. The van der Waals surface area contributed by atoms with Gasteiger partial charge in [0, 0.05) is 23.4 Å². The van der Waals surface area contributed by atoms with Gasteiger partial charge in [-0.25, -0.2) is 8.78 Å². The van der Waals surface area contributed by atoms with Crippen molar-refractivity contribution in [2.45, 2.75) is 33.7 Å². The van der Waals surface area contributed by atoms with E-state index in [1.165, 1.54) is 0 Å². The Kier molecular flexibility index (Phi) is 4.61. The Morgan fingerprint density at radius 3 is 2.34 bits per heavy atom. The topological polar surface area (TPSA) is 49.3 Å². The first-order chi connectivity index (χ1) is 13.8. The molecule has 0 aromatic heterocycles.